The highest BCUT2D eigenvalue weighted by Crippen LogP contribution is 2.27. The van der Waals surface area contributed by atoms with Gasteiger partial charge in [0.2, 0.25) is 5.78 Å². The minimum absolute atomic E-state index is 0.143. The van der Waals surface area contributed by atoms with E-state index in [0.717, 1.165) is 0 Å². The number of hydrogen-bond donors (Lipinski definition) is 0. The van der Waals surface area contributed by atoms with Crippen LogP contribution in [-0.4, -0.2) is 30.2 Å². The number of allylic oxidation sites excluding steroid dienone is 1. The van der Waals surface area contributed by atoms with Gasteiger partial charge in [-0.15, -0.1) is 16.8 Å². The lowest BCUT2D eigenvalue weighted by molar-refractivity contribution is 0.0994. The molecule has 29 heavy (non-hydrogen) atoms. The van der Waals surface area contributed by atoms with Crippen LogP contribution in [0.5, 0.6) is 0 Å². The summed E-state index contributed by atoms with van der Waals surface area (Å²) in [4.78, 5) is 25.6. The van der Waals surface area contributed by atoms with Crippen molar-refractivity contribution in [1.82, 2.24) is 19.2 Å². The van der Waals surface area contributed by atoms with Crippen LogP contribution >= 0.6 is 11.8 Å². The number of rotatable bonds is 6. The Hall–Kier alpha value is -3.26. The van der Waals surface area contributed by atoms with Crippen LogP contribution in [0.1, 0.15) is 17.3 Å². The molecule has 0 aliphatic carbocycles. The molecule has 0 spiro atoms. The monoisotopic (exact) mass is 408 g/mol. The summed E-state index contributed by atoms with van der Waals surface area (Å²) in [6.07, 6.45) is 1.62. The standard InChI is InChI=1S/C21H17FN4O2S/c1-3-12-25-19(28)16-6-4-5-7-17(16)26-20(25)23-24-21(26)29-13(2)18(27)14-8-10-15(22)11-9-14/h3-11,13H,1,12H2,2H3. The zero-order valence-corrected chi connectivity index (χ0v) is 16.4. The van der Waals surface area contributed by atoms with Gasteiger partial charge in [-0.25, -0.2) is 4.39 Å². The minimum atomic E-state index is -0.480. The summed E-state index contributed by atoms with van der Waals surface area (Å²) in [5.41, 5.74) is 0.919. The van der Waals surface area contributed by atoms with Crippen molar-refractivity contribution in [2.24, 2.45) is 0 Å². The Kier molecular flexibility index (Phi) is 5.02. The molecule has 8 heteroatoms. The third kappa shape index (κ3) is 3.36. The van der Waals surface area contributed by atoms with Gasteiger partial charge in [-0.3, -0.25) is 18.6 Å². The molecule has 0 radical (unpaired) electrons. The molecule has 0 amide bonds. The maximum atomic E-state index is 13.1. The highest BCUT2D eigenvalue weighted by molar-refractivity contribution is 8.00. The van der Waals surface area contributed by atoms with Crippen molar-refractivity contribution in [2.45, 2.75) is 23.9 Å². The van der Waals surface area contributed by atoms with E-state index in [4.69, 9.17) is 0 Å². The molecule has 4 aromatic rings. The van der Waals surface area contributed by atoms with E-state index in [0.29, 0.717) is 33.9 Å². The normalized spacial score (nSPS) is 12.3. The Morgan fingerprint density at radius 3 is 2.66 bits per heavy atom. The van der Waals surface area contributed by atoms with Crippen LogP contribution in [0.4, 0.5) is 4.39 Å². The Morgan fingerprint density at radius 2 is 1.93 bits per heavy atom. The number of carbonyl (C=O) groups excluding carboxylic acids is 1. The van der Waals surface area contributed by atoms with E-state index in [2.05, 4.69) is 16.8 Å². The Labute approximate surface area is 169 Å². The number of hydrogen-bond acceptors (Lipinski definition) is 5. The van der Waals surface area contributed by atoms with Crippen molar-refractivity contribution in [2.75, 3.05) is 0 Å². The molecular weight excluding hydrogens is 391 g/mol. The fraction of sp³-hybridized carbons (Fsp3) is 0.143. The smallest absolute Gasteiger partial charge is 0.263 e. The average Bonchev–Trinajstić information content (AvgIpc) is 3.14. The van der Waals surface area contributed by atoms with Gasteiger partial charge in [0, 0.05) is 12.1 Å². The molecule has 0 N–H and O–H groups in total. The fourth-order valence-electron chi connectivity index (χ4n) is 3.16. The Balaban J connectivity index is 1.80. The first-order valence-electron chi connectivity index (χ1n) is 8.95. The average molecular weight is 408 g/mol. The van der Waals surface area contributed by atoms with Gasteiger partial charge >= 0.3 is 0 Å². The summed E-state index contributed by atoms with van der Waals surface area (Å²) in [6, 6.07) is 12.7. The van der Waals surface area contributed by atoms with Gasteiger partial charge in [0.25, 0.3) is 5.56 Å². The van der Waals surface area contributed by atoms with Gasteiger partial charge in [-0.05, 0) is 43.3 Å². The van der Waals surface area contributed by atoms with Crippen LogP contribution in [-0.2, 0) is 6.54 Å². The number of benzene rings is 2. The third-order valence-electron chi connectivity index (χ3n) is 4.57. The summed E-state index contributed by atoms with van der Waals surface area (Å²) in [7, 11) is 0. The highest BCUT2D eigenvalue weighted by Gasteiger charge is 2.22. The number of nitrogens with zero attached hydrogens (tertiary/aromatic N) is 4. The molecule has 146 valence electrons. The zero-order valence-electron chi connectivity index (χ0n) is 15.6. The van der Waals surface area contributed by atoms with Crippen LogP contribution in [0.2, 0.25) is 0 Å². The van der Waals surface area contributed by atoms with Crippen LogP contribution in [0.25, 0.3) is 16.7 Å². The van der Waals surface area contributed by atoms with Crippen molar-refractivity contribution in [3.63, 3.8) is 0 Å². The van der Waals surface area contributed by atoms with Crippen molar-refractivity contribution < 1.29 is 9.18 Å². The van der Waals surface area contributed by atoms with E-state index < -0.39 is 11.1 Å². The van der Waals surface area contributed by atoms with Crippen LogP contribution < -0.4 is 5.56 Å². The van der Waals surface area contributed by atoms with Gasteiger partial charge in [0.05, 0.1) is 16.2 Å². The Morgan fingerprint density at radius 1 is 1.21 bits per heavy atom. The molecule has 0 fully saturated rings. The van der Waals surface area contributed by atoms with Gasteiger partial charge < -0.3 is 0 Å². The van der Waals surface area contributed by atoms with Crippen molar-refractivity contribution in [3.8, 4) is 0 Å². The fourth-order valence-corrected chi connectivity index (χ4v) is 4.10. The van der Waals surface area contributed by atoms with Crippen LogP contribution in [0.3, 0.4) is 0 Å². The molecule has 0 aliphatic heterocycles. The van der Waals surface area contributed by atoms with Crippen molar-refractivity contribution in [1.29, 1.82) is 0 Å². The topological polar surface area (TPSA) is 69.3 Å². The Bertz CT molecular complexity index is 1290. The van der Waals surface area contributed by atoms with Gasteiger partial charge in [-0.2, -0.15) is 0 Å². The number of ketones is 1. The first kappa shape index (κ1) is 19.1. The van der Waals surface area contributed by atoms with Gasteiger partial charge in [0.1, 0.15) is 5.82 Å². The van der Waals surface area contributed by atoms with Crippen molar-refractivity contribution in [3.05, 3.63) is 82.9 Å². The van der Waals surface area contributed by atoms with E-state index in [1.54, 1.807) is 29.5 Å². The van der Waals surface area contributed by atoms with E-state index in [1.165, 1.54) is 40.6 Å². The molecule has 2 aromatic heterocycles. The largest absolute Gasteiger partial charge is 0.293 e. The number of aromatic nitrogens is 4. The second-order valence-corrected chi connectivity index (χ2v) is 7.78. The quantitative estimate of drug-likeness (QED) is 0.276. The number of halogens is 1. The summed E-state index contributed by atoms with van der Waals surface area (Å²) in [5, 5.41) is 8.97. The number of Topliss-reactive ketones (excluding diaryl/α,β-unsaturated/α-hetero) is 1. The molecule has 1 unspecified atom stereocenters. The molecular formula is C21H17FN4O2S. The lowest BCUT2D eigenvalue weighted by atomic mass is 10.1. The zero-order chi connectivity index (χ0) is 20.5. The van der Waals surface area contributed by atoms with Crippen LogP contribution in [0, 0.1) is 5.82 Å². The first-order chi connectivity index (χ1) is 14.0. The van der Waals surface area contributed by atoms with Crippen LogP contribution in [0.15, 0.2) is 71.1 Å². The molecule has 0 saturated carbocycles. The summed E-state index contributed by atoms with van der Waals surface area (Å²) in [6.45, 7) is 5.76. The number of thioether (sulfide) groups is 1. The minimum Gasteiger partial charge on any atom is -0.293 e. The summed E-state index contributed by atoms with van der Waals surface area (Å²) >= 11 is 1.24. The lowest BCUT2D eigenvalue weighted by Gasteiger charge is -2.12. The maximum Gasteiger partial charge on any atom is 0.263 e. The predicted octanol–water partition coefficient (Wildman–Crippen LogP) is 3.73. The van der Waals surface area contributed by atoms with Gasteiger partial charge in [0.15, 0.2) is 10.9 Å². The molecule has 0 bridgehead atoms. The number of fused-ring (bicyclic) bond motifs is 3. The number of carbonyl (C=O) groups is 1. The second-order valence-electron chi connectivity index (χ2n) is 6.47. The maximum absolute atomic E-state index is 13.1. The molecule has 4 rings (SSSR count). The molecule has 0 saturated heterocycles. The molecule has 0 aliphatic rings. The highest BCUT2D eigenvalue weighted by atomic mass is 32.2. The lowest BCUT2D eigenvalue weighted by Crippen LogP contribution is -2.23. The molecule has 2 heterocycles. The SMILES string of the molecule is C=CCn1c(=O)c2ccccc2n2c(SC(C)C(=O)c3ccc(F)cc3)nnc12. The predicted molar refractivity (Wildman–Crippen MR) is 111 cm³/mol. The molecule has 2 aromatic carbocycles. The van der Waals surface area contributed by atoms with E-state index >= 15 is 0 Å². The first-order valence-corrected chi connectivity index (χ1v) is 9.83. The number of para-hydroxylation sites is 1. The van der Waals surface area contributed by atoms with Gasteiger partial charge in [-0.1, -0.05) is 30.0 Å². The summed E-state index contributed by atoms with van der Waals surface area (Å²) < 4.78 is 16.4. The van der Waals surface area contributed by atoms with E-state index in [9.17, 15) is 14.0 Å². The van der Waals surface area contributed by atoms with Crippen molar-refractivity contribution >= 4 is 34.2 Å². The molecule has 1 atom stereocenters. The van der Waals surface area contributed by atoms with E-state index in [1.807, 2.05) is 12.1 Å². The summed E-state index contributed by atoms with van der Waals surface area (Å²) in [5.74, 6) is -0.148. The second kappa shape index (κ2) is 7.63. The third-order valence-corrected chi connectivity index (χ3v) is 5.61. The molecule has 6 nitrogen and oxygen atoms in total. The van der Waals surface area contributed by atoms with E-state index in [-0.39, 0.29) is 11.3 Å².